The van der Waals surface area contributed by atoms with Crippen LogP contribution in [0.1, 0.15) is 84.5 Å². The van der Waals surface area contributed by atoms with Crippen molar-refractivity contribution in [2.45, 2.75) is 84.5 Å². The number of rotatable bonds is 0. The highest BCUT2D eigenvalue weighted by Gasteiger charge is 2.59. The molecule has 0 aromatic rings. The summed E-state index contributed by atoms with van der Waals surface area (Å²) in [7, 11) is 0. The van der Waals surface area contributed by atoms with Crippen LogP contribution in [0, 0.1) is 34.5 Å². The predicted molar refractivity (Wildman–Crippen MR) is 81.0 cm³/mol. The molecule has 6 atom stereocenters. The predicted octanol–water partition coefficient (Wildman–Crippen LogP) is 5.81. The highest BCUT2D eigenvalue weighted by molar-refractivity contribution is 5.08. The molecule has 19 heavy (non-hydrogen) atoms. The van der Waals surface area contributed by atoms with E-state index in [0.29, 0.717) is 0 Å². The van der Waals surface area contributed by atoms with Crippen LogP contribution in [0.2, 0.25) is 0 Å². The smallest absolute Gasteiger partial charge is 0.0266 e. The van der Waals surface area contributed by atoms with Gasteiger partial charge in [0.15, 0.2) is 0 Å². The average molecular weight is 260 g/mol. The molecule has 0 bridgehead atoms. The summed E-state index contributed by atoms with van der Waals surface area (Å²) in [4.78, 5) is 0. The molecular weight excluding hydrogens is 228 g/mol. The second-order valence-corrected chi connectivity index (χ2v) is 9.00. The first-order valence-corrected chi connectivity index (χ1v) is 9.13. The maximum absolute atomic E-state index is 2.70. The van der Waals surface area contributed by atoms with Gasteiger partial charge in [0.1, 0.15) is 0 Å². The molecule has 0 heteroatoms. The second-order valence-electron chi connectivity index (χ2n) is 9.00. The molecule has 0 aromatic carbocycles. The van der Waals surface area contributed by atoms with E-state index in [4.69, 9.17) is 0 Å². The van der Waals surface area contributed by atoms with Crippen LogP contribution in [-0.2, 0) is 0 Å². The van der Waals surface area contributed by atoms with Crippen LogP contribution in [0.5, 0.6) is 0 Å². The van der Waals surface area contributed by atoms with Crippen molar-refractivity contribution >= 4 is 0 Å². The molecule has 4 rings (SSSR count). The molecule has 0 aliphatic heterocycles. The molecule has 108 valence electrons. The van der Waals surface area contributed by atoms with Gasteiger partial charge in [0.25, 0.3) is 0 Å². The molecule has 4 saturated carbocycles. The molecule has 0 spiro atoms. The highest BCUT2D eigenvalue weighted by Crippen LogP contribution is 2.67. The molecule has 0 heterocycles. The second kappa shape index (κ2) is 4.25. The largest absolute Gasteiger partial charge is 0.0594 e. The minimum Gasteiger partial charge on any atom is -0.0594 e. The van der Waals surface area contributed by atoms with Crippen molar-refractivity contribution in [1.82, 2.24) is 0 Å². The van der Waals surface area contributed by atoms with Gasteiger partial charge in [-0.05, 0) is 79.4 Å². The van der Waals surface area contributed by atoms with E-state index >= 15 is 0 Å². The lowest BCUT2D eigenvalue weighted by Gasteiger charge is -2.48. The molecule has 3 unspecified atom stereocenters. The van der Waals surface area contributed by atoms with Gasteiger partial charge in [-0.15, -0.1) is 0 Å². The molecule has 0 saturated heterocycles. The van der Waals surface area contributed by atoms with Crippen molar-refractivity contribution in [1.29, 1.82) is 0 Å². The quantitative estimate of drug-likeness (QED) is 0.515. The van der Waals surface area contributed by atoms with E-state index < -0.39 is 0 Å². The Hall–Kier alpha value is 0. The van der Waals surface area contributed by atoms with E-state index in [2.05, 4.69) is 13.8 Å². The zero-order chi connectivity index (χ0) is 13.1. The Morgan fingerprint density at radius 2 is 1.63 bits per heavy atom. The van der Waals surface area contributed by atoms with Crippen molar-refractivity contribution in [3.05, 3.63) is 0 Å². The molecule has 4 aliphatic carbocycles. The average Bonchev–Trinajstić information content (AvgIpc) is 2.83. The zero-order valence-electron chi connectivity index (χ0n) is 13.1. The fourth-order valence-electron chi connectivity index (χ4n) is 7.24. The lowest BCUT2D eigenvalue weighted by atomic mass is 9.57. The first-order chi connectivity index (χ1) is 9.13. The van der Waals surface area contributed by atoms with Gasteiger partial charge in [-0.1, -0.05) is 39.5 Å². The van der Waals surface area contributed by atoms with Crippen molar-refractivity contribution in [2.75, 3.05) is 0 Å². The van der Waals surface area contributed by atoms with E-state index in [1.165, 1.54) is 25.7 Å². The Kier molecular flexibility index (Phi) is 2.84. The maximum Gasteiger partial charge on any atom is -0.0266 e. The van der Waals surface area contributed by atoms with E-state index in [9.17, 15) is 0 Å². The van der Waals surface area contributed by atoms with Gasteiger partial charge in [-0.25, -0.2) is 0 Å². The fourth-order valence-corrected chi connectivity index (χ4v) is 7.24. The normalized spacial score (nSPS) is 57.2. The molecule has 0 N–H and O–H groups in total. The Morgan fingerprint density at radius 3 is 2.53 bits per heavy atom. The van der Waals surface area contributed by atoms with Crippen molar-refractivity contribution in [2.24, 2.45) is 34.5 Å². The number of fused-ring (bicyclic) bond motifs is 5. The van der Waals surface area contributed by atoms with Gasteiger partial charge in [0, 0.05) is 0 Å². The lowest BCUT2D eigenvalue weighted by molar-refractivity contribution is 0.0130. The molecule has 0 aromatic heterocycles. The SMILES string of the molecule is C[C@@]12CCCC1C1C[C@H]3CCCCC[C@]3(C)C1CC2. The minimum absolute atomic E-state index is 0.741. The third-order valence-corrected chi connectivity index (χ3v) is 8.32. The van der Waals surface area contributed by atoms with Gasteiger partial charge in [0.05, 0.1) is 0 Å². The Bertz CT molecular complexity index is 359. The fraction of sp³-hybridized carbons (Fsp3) is 1.00. The number of hydrogen-bond donors (Lipinski definition) is 0. The Labute approximate surface area is 119 Å². The first kappa shape index (κ1) is 12.7. The van der Waals surface area contributed by atoms with E-state index in [1.807, 2.05) is 0 Å². The molecule has 0 radical (unpaired) electrons. The lowest BCUT2D eigenvalue weighted by Crippen LogP contribution is -2.40. The summed E-state index contributed by atoms with van der Waals surface area (Å²) >= 11 is 0. The summed E-state index contributed by atoms with van der Waals surface area (Å²) < 4.78 is 0. The van der Waals surface area contributed by atoms with Crippen LogP contribution in [0.15, 0.2) is 0 Å². The Balaban J connectivity index is 1.65. The minimum atomic E-state index is 0.741. The van der Waals surface area contributed by atoms with Crippen molar-refractivity contribution in [3.63, 3.8) is 0 Å². The summed E-state index contributed by atoms with van der Waals surface area (Å²) in [5.74, 6) is 4.42. The molecular formula is C19H32. The monoisotopic (exact) mass is 260 g/mol. The summed E-state index contributed by atoms with van der Waals surface area (Å²) in [5.41, 5.74) is 1.49. The first-order valence-electron chi connectivity index (χ1n) is 9.13. The van der Waals surface area contributed by atoms with Crippen LogP contribution in [0.3, 0.4) is 0 Å². The van der Waals surface area contributed by atoms with Crippen LogP contribution in [0.4, 0.5) is 0 Å². The van der Waals surface area contributed by atoms with Gasteiger partial charge >= 0.3 is 0 Å². The summed E-state index contributed by atoms with van der Waals surface area (Å²) in [6.45, 7) is 5.34. The van der Waals surface area contributed by atoms with Crippen LogP contribution < -0.4 is 0 Å². The standard InChI is InChI=1S/C19H32/c1-18-10-6-8-16(18)15-13-14-7-4-3-5-11-19(14,2)17(15)9-12-18/h14-17H,3-13H2,1-2H3/t14-,15?,16?,17?,18+,19+/m1/s1. The maximum atomic E-state index is 2.70. The summed E-state index contributed by atoms with van der Waals surface area (Å²) in [6.07, 6.45) is 17.1. The Morgan fingerprint density at radius 1 is 0.737 bits per heavy atom. The van der Waals surface area contributed by atoms with Gasteiger partial charge < -0.3 is 0 Å². The highest BCUT2D eigenvalue weighted by atomic mass is 14.6. The third-order valence-electron chi connectivity index (χ3n) is 8.32. The van der Waals surface area contributed by atoms with Crippen LogP contribution >= 0.6 is 0 Å². The summed E-state index contributed by atoms with van der Waals surface area (Å²) in [5, 5.41) is 0. The summed E-state index contributed by atoms with van der Waals surface area (Å²) in [6, 6.07) is 0. The zero-order valence-corrected chi connectivity index (χ0v) is 13.1. The van der Waals surface area contributed by atoms with E-state index in [0.717, 1.165) is 34.5 Å². The topological polar surface area (TPSA) is 0 Å². The van der Waals surface area contributed by atoms with Gasteiger partial charge in [-0.2, -0.15) is 0 Å². The van der Waals surface area contributed by atoms with Crippen molar-refractivity contribution in [3.8, 4) is 0 Å². The van der Waals surface area contributed by atoms with Crippen molar-refractivity contribution < 1.29 is 0 Å². The van der Waals surface area contributed by atoms with Gasteiger partial charge in [-0.3, -0.25) is 0 Å². The van der Waals surface area contributed by atoms with Crippen LogP contribution in [-0.4, -0.2) is 0 Å². The van der Waals surface area contributed by atoms with E-state index in [-0.39, 0.29) is 0 Å². The molecule has 4 aliphatic rings. The molecule has 0 nitrogen and oxygen atoms in total. The van der Waals surface area contributed by atoms with Gasteiger partial charge in [0.2, 0.25) is 0 Å². The van der Waals surface area contributed by atoms with Crippen LogP contribution in [0.25, 0.3) is 0 Å². The van der Waals surface area contributed by atoms with E-state index in [1.54, 1.807) is 44.9 Å². The molecule has 4 fully saturated rings. The molecule has 0 amide bonds. The number of hydrogen-bond acceptors (Lipinski definition) is 0. The third kappa shape index (κ3) is 1.70.